The topological polar surface area (TPSA) is 29.1 Å². The minimum absolute atomic E-state index is 0.0417. The lowest BCUT2D eigenvalue weighted by atomic mass is 9.87. The number of amides is 1. The van der Waals surface area contributed by atoms with Gasteiger partial charge in [-0.15, -0.1) is 0 Å². The highest BCUT2D eigenvalue weighted by molar-refractivity contribution is 5.93. The fourth-order valence-corrected chi connectivity index (χ4v) is 0.608. The van der Waals surface area contributed by atoms with Gasteiger partial charge >= 0.3 is 0 Å². The maximum Gasteiger partial charge on any atom is 0.247 e. The zero-order valence-corrected chi connectivity index (χ0v) is 7.82. The van der Waals surface area contributed by atoms with Gasteiger partial charge in [-0.3, -0.25) is 4.79 Å². The number of likely N-dealkylation sites (N-methyl/N-ethyl adjacent to an activating group) is 1. The Morgan fingerprint density at radius 1 is 1.45 bits per heavy atom. The average molecular weight is 155 g/mol. The van der Waals surface area contributed by atoms with Crippen LogP contribution in [0.2, 0.25) is 0 Å². The van der Waals surface area contributed by atoms with Crippen LogP contribution in [0, 0.1) is 5.41 Å². The summed E-state index contributed by atoms with van der Waals surface area (Å²) in [5.41, 5.74) is 0.513. The van der Waals surface area contributed by atoms with Crippen LogP contribution in [0.25, 0.3) is 0 Å². The van der Waals surface area contributed by atoms with E-state index in [0.29, 0.717) is 12.1 Å². The monoisotopic (exact) mass is 155 g/mol. The summed E-state index contributed by atoms with van der Waals surface area (Å²) in [5.74, 6) is -0.0417. The summed E-state index contributed by atoms with van der Waals surface area (Å²) >= 11 is 0. The van der Waals surface area contributed by atoms with E-state index in [1.807, 2.05) is 27.7 Å². The molecule has 0 unspecified atom stereocenters. The molecule has 11 heavy (non-hydrogen) atoms. The van der Waals surface area contributed by atoms with Crippen molar-refractivity contribution in [3.05, 3.63) is 12.2 Å². The van der Waals surface area contributed by atoms with E-state index >= 15 is 0 Å². The van der Waals surface area contributed by atoms with Crippen LogP contribution >= 0.6 is 0 Å². The molecule has 0 atom stereocenters. The van der Waals surface area contributed by atoms with Crippen LogP contribution in [0.1, 0.15) is 27.7 Å². The van der Waals surface area contributed by atoms with Crippen molar-refractivity contribution in [3.63, 3.8) is 0 Å². The largest absolute Gasteiger partial charge is 0.353 e. The van der Waals surface area contributed by atoms with E-state index in [0.717, 1.165) is 0 Å². The standard InChI is InChI=1S/C9H17NO/c1-6-10-8(11)7(2)9(3,4)5/h2,6H2,1,3-5H3,(H,10,11). The van der Waals surface area contributed by atoms with Gasteiger partial charge in [0.1, 0.15) is 0 Å². The Kier molecular flexibility index (Phi) is 3.30. The van der Waals surface area contributed by atoms with Gasteiger partial charge < -0.3 is 5.32 Å². The second-order valence-electron chi connectivity index (χ2n) is 3.59. The minimum Gasteiger partial charge on any atom is -0.353 e. The van der Waals surface area contributed by atoms with Crippen LogP contribution < -0.4 is 5.32 Å². The van der Waals surface area contributed by atoms with Crippen LogP contribution in [0.15, 0.2) is 12.2 Å². The van der Waals surface area contributed by atoms with Crippen LogP contribution in [-0.4, -0.2) is 12.5 Å². The average Bonchev–Trinajstić information content (AvgIpc) is 1.85. The lowest BCUT2D eigenvalue weighted by Gasteiger charge is -2.20. The van der Waals surface area contributed by atoms with Crippen molar-refractivity contribution in [2.45, 2.75) is 27.7 Å². The molecule has 0 saturated carbocycles. The molecule has 0 spiro atoms. The Morgan fingerprint density at radius 2 is 1.91 bits per heavy atom. The fourth-order valence-electron chi connectivity index (χ4n) is 0.608. The quantitative estimate of drug-likeness (QED) is 0.604. The van der Waals surface area contributed by atoms with Crippen molar-refractivity contribution >= 4 is 5.91 Å². The summed E-state index contributed by atoms with van der Waals surface area (Å²) in [6.07, 6.45) is 0. The van der Waals surface area contributed by atoms with Crippen LogP contribution in [0.4, 0.5) is 0 Å². The summed E-state index contributed by atoms with van der Waals surface area (Å²) in [6.45, 7) is 12.2. The molecule has 1 amide bonds. The normalized spacial score (nSPS) is 10.9. The summed E-state index contributed by atoms with van der Waals surface area (Å²) in [7, 11) is 0. The molecule has 0 aromatic heterocycles. The molecular formula is C9H17NO. The van der Waals surface area contributed by atoms with Gasteiger partial charge in [-0.1, -0.05) is 27.4 Å². The Balaban J connectivity index is 4.15. The molecule has 0 saturated heterocycles. The lowest BCUT2D eigenvalue weighted by Crippen LogP contribution is -2.29. The van der Waals surface area contributed by atoms with E-state index in [1.54, 1.807) is 0 Å². The molecule has 0 radical (unpaired) electrons. The molecule has 0 fully saturated rings. The molecule has 0 rings (SSSR count). The number of rotatable bonds is 2. The molecule has 1 N–H and O–H groups in total. The first-order valence-electron chi connectivity index (χ1n) is 3.87. The van der Waals surface area contributed by atoms with Gasteiger partial charge in [-0.05, 0) is 12.3 Å². The third-order valence-electron chi connectivity index (χ3n) is 1.52. The van der Waals surface area contributed by atoms with Crippen LogP contribution in [0.3, 0.4) is 0 Å². The smallest absolute Gasteiger partial charge is 0.247 e. The number of hydrogen-bond acceptors (Lipinski definition) is 1. The Bertz CT molecular complexity index is 165. The summed E-state index contributed by atoms with van der Waals surface area (Å²) in [6, 6.07) is 0. The fraction of sp³-hybridized carbons (Fsp3) is 0.667. The zero-order chi connectivity index (χ0) is 9.07. The van der Waals surface area contributed by atoms with Crippen molar-refractivity contribution in [2.75, 3.05) is 6.54 Å². The summed E-state index contributed by atoms with van der Waals surface area (Å²) in [4.78, 5) is 11.2. The van der Waals surface area contributed by atoms with Crippen LogP contribution in [-0.2, 0) is 4.79 Å². The molecular weight excluding hydrogens is 138 g/mol. The first-order chi connectivity index (χ1) is 4.89. The van der Waals surface area contributed by atoms with Gasteiger partial charge in [0.05, 0.1) is 0 Å². The summed E-state index contributed by atoms with van der Waals surface area (Å²) < 4.78 is 0. The Morgan fingerprint density at radius 3 is 2.18 bits per heavy atom. The maximum atomic E-state index is 11.2. The SMILES string of the molecule is C=C(C(=O)NCC)C(C)(C)C. The first kappa shape index (κ1) is 10.2. The van der Waals surface area contributed by atoms with Crippen LogP contribution in [0.5, 0.6) is 0 Å². The highest BCUT2D eigenvalue weighted by Crippen LogP contribution is 2.22. The number of hydrogen-bond donors (Lipinski definition) is 1. The van der Waals surface area contributed by atoms with Gasteiger partial charge in [0.15, 0.2) is 0 Å². The van der Waals surface area contributed by atoms with E-state index in [2.05, 4.69) is 11.9 Å². The predicted octanol–water partition coefficient (Wildman–Crippen LogP) is 1.72. The van der Waals surface area contributed by atoms with E-state index in [-0.39, 0.29) is 11.3 Å². The molecule has 0 aliphatic heterocycles. The Hall–Kier alpha value is -0.790. The molecule has 2 nitrogen and oxygen atoms in total. The van der Waals surface area contributed by atoms with E-state index in [4.69, 9.17) is 0 Å². The lowest BCUT2D eigenvalue weighted by molar-refractivity contribution is -0.118. The highest BCUT2D eigenvalue weighted by atomic mass is 16.1. The highest BCUT2D eigenvalue weighted by Gasteiger charge is 2.20. The molecule has 0 aromatic carbocycles. The minimum atomic E-state index is -0.126. The van der Waals surface area contributed by atoms with E-state index in [1.165, 1.54) is 0 Å². The second-order valence-corrected chi connectivity index (χ2v) is 3.59. The van der Waals surface area contributed by atoms with Crippen molar-refractivity contribution < 1.29 is 4.79 Å². The van der Waals surface area contributed by atoms with Crippen molar-refractivity contribution in [1.82, 2.24) is 5.32 Å². The van der Waals surface area contributed by atoms with Crippen molar-refractivity contribution in [1.29, 1.82) is 0 Å². The van der Waals surface area contributed by atoms with Gasteiger partial charge in [0.25, 0.3) is 0 Å². The maximum absolute atomic E-state index is 11.2. The number of nitrogens with one attached hydrogen (secondary N) is 1. The van der Waals surface area contributed by atoms with Gasteiger partial charge in [0, 0.05) is 12.1 Å². The first-order valence-corrected chi connectivity index (χ1v) is 3.87. The molecule has 0 aromatic rings. The molecule has 0 aliphatic rings. The number of carbonyl (C=O) groups is 1. The van der Waals surface area contributed by atoms with Gasteiger partial charge in [-0.25, -0.2) is 0 Å². The second kappa shape index (κ2) is 3.56. The summed E-state index contributed by atoms with van der Waals surface area (Å²) in [5, 5.41) is 2.71. The van der Waals surface area contributed by atoms with Gasteiger partial charge in [0.2, 0.25) is 5.91 Å². The van der Waals surface area contributed by atoms with Gasteiger partial charge in [-0.2, -0.15) is 0 Å². The van der Waals surface area contributed by atoms with E-state index in [9.17, 15) is 4.79 Å². The molecule has 64 valence electrons. The van der Waals surface area contributed by atoms with E-state index < -0.39 is 0 Å². The molecule has 2 heteroatoms. The third kappa shape index (κ3) is 3.21. The zero-order valence-electron chi connectivity index (χ0n) is 7.82. The molecule has 0 aliphatic carbocycles. The molecule has 0 bridgehead atoms. The Labute approximate surface area is 68.7 Å². The third-order valence-corrected chi connectivity index (χ3v) is 1.52. The molecule has 0 heterocycles. The van der Waals surface area contributed by atoms with Crippen molar-refractivity contribution in [3.8, 4) is 0 Å². The van der Waals surface area contributed by atoms with Crippen molar-refractivity contribution in [2.24, 2.45) is 5.41 Å². The predicted molar refractivity (Wildman–Crippen MR) is 47.3 cm³/mol. The number of carbonyl (C=O) groups excluding carboxylic acids is 1.